The Morgan fingerprint density at radius 1 is 1.41 bits per heavy atom. The number of halogens is 2. The molecule has 0 aliphatic heterocycles. The SMILES string of the molecule is CC(C)(N)c1cncn1-c1ccc(Cl)cc1I. The van der Waals surface area contributed by atoms with Crippen LogP contribution in [0.4, 0.5) is 0 Å². The van der Waals surface area contributed by atoms with Gasteiger partial charge in [0, 0.05) is 8.59 Å². The molecule has 0 saturated heterocycles. The number of aromatic nitrogens is 2. The highest BCUT2D eigenvalue weighted by molar-refractivity contribution is 14.1. The summed E-state index contributed by atoms with van der Waals surface area (Å²) >= 11 is 8.21. The summed E-state index contributed by atoms with van der Waals surface area (Å²) in [4.78, 5) is 4.18. The number of nitrogens with two attached hydrogens (primary N) is 1. The average molecular weight is 362 g/mol. The van der Waals surface area contributed by atoms with Crippen LogP contribution < -0.4 is 5.73 Å². The highest BCUT2D eigenvalue weighted by atomic mass is 127. The fraction of sp³-hybridized carbons (Fsp3) is 0.250. The molecule has 0 aliphatic carbocycles. The number of imidazole rings is 1. The number of hydrogen-bond donors (Lipinski definition) is 1. The van der Waals surface area contributed by atoms with E-state index in [-0.39, 0.29) is 0 Å². The molecule has 1 heterocycles. The Labute approximate surface area is 119 Å². The van der Waals surface area contributed by atoms with Crippen molar-refractivity contribution in [2.45, 2.75) is 19.4 Å². The van der Waals surface area contributed by atoms with Crippen molar-refractivity contribution in [3.8, 4) is 5.69 Å². The molecule has 0 fully saturated rings. The topological polar surface area (TPSA) is 43.8 Å². The Morgan fingerprint density at radius 2 is 2.12 bits per heavy atom. The van der Waals surface area contributed by atoms with Crippen molar-refractivity contribution in [1.82, 2.24) is 9.55 Å². The van der Waals surface area contributed by atoms with Gasteiger partial charge >= 0.3 is 0 Å². The monoisotopic (exact) mass is 361 g/mol. The van der Waals surface area contributed by atoms with Crippen LogP contribution in [0.3, 0.4) is 0 Å². The van der Waals surface area contributed by atoms with Crippen molar-refractivity contribution in [3.05, 3.63) is 45.0 Å². The van der Waals surface area contributed by atoms with E-state index in [1.807, 2.05) is 36.6 Å². The second kappa shape index (κ2) is 4.59. The van der Waals surface area contributed by atoms with E-state index in [2.05, 4.69) is 27.6 Å². The Balaban J connectivity index is 2.58. The van der Waals surface area contributed by atoms with E-state index in [0.29, 0.717) is 0 Å². The maximum Gasteiger partial charge on any atom is 0.0995 e. The van der Waals surface area contributed by atoms with Crippen molar-refractivity contribution in [2.75, 3.05) is 0 Å². The fourth-order valence-electron chi connectivity index (χ4n) is 1.64. The first-order valence-corrected chi connectivity index (χ1v) is 6.62. The molecule has 1 aromatic heterocycles. The minimum Gasteiger partial charge on any atom is -0.321 e. The molecule has 0 unspecified atom stereocenters. The molecule has 0 atom stereocenters. The van der Waals surface area contributed by atoms with Gasteiger partial charge in [-0.05, 0) is 54.6 Å². The Bertz CT molecular complexity index is 543. The number of rotatable bonds is 2. The molecule has 2 N–H and O–H groups in total. The lowest BCUT2D eigenvalue weighted by molar-refractivity contribution is 0.524. The first kappa shape index (κ1) is 12.9. The zero-order valence-electron chi connectivity index (χ0n) is 9.61. The molecule has 0 aliphatic rings. The molecule has 0 radical (unpaired) electrons. The van der Waals surface area contributed by atoms with Crippen LogP contribution in [0.2, 0.25) is 5.02 Å². The molecule has 90 valence electrons. The minimum atomic E-state index is -0.431. The lowest BCUT2D eigenvalue weighted by Gasteiger charge is -2.21. The van der Waals surface area contributed by atoms with Crippen LogP contribution in [-0.4, -0.2) is 9.55 Å². The molecule has 3 nitrogen and oxygen atoms in total. The van der Waals surface area contributed by atoms with Crippen LogP contribution in [-0.2, 0) is 5.54 Å². The van der Waals surface area contributed by atoms with Crippen LogP contribution >= 0.6 is 34.2 Å². The van der Waals surface area contributed by atoms with Gasteiger partial charge in [-0.25, -0.2) is 4.98 Å². The summed E-state index contributed by atoms with van der Waals surface area (Å²) in [7, 11) is 0. The van der Waals surface area contributed by atoms with E-state index in [4.69, 9.17) is 17.3 Å². The predicted octanol–water partition coefficient (Wildman–Crippen LogP) is 3.32. The van der Waals surface area contributed by atoms with Crippen LogP contribution in [0, 0.1) is 3.57 Å². The molecular formula is C12H13ClIN3. The van der Waals surface area contributed by atoms with Gasteiger partial charge in [0.2, 0.25) is 0 Å². The molecule has 2 rings (SSSR count). The number of benzene rings is 1. The summed E-state index contributed by atoms with van der Waals surface area (Å²) in [5.41, 5.74) is 7.71. The predicted molar refractivity (Wildman–Crippen MR) is 78.5 cm³/mol. The van der Waals surface area contributed by atoms with E-state index in [0.717, 1.165) is 20.0 Å². The van der Waals surface area contributed by atoms with E-state index in [1.165, 1.54) is 0 Å². The van der Waals surface area contributed by atoms with Gasteiger partial charge in [0.15, 0.2) is 0 Å². The summed E-state index contributed by atoms with van der Waals surface area (Å²) in [6.07, 6.45) is 3.57. The van der Waals surface area contributed by atoms with Crippen LogP contribution in [0.25, 0.3) is 5.69 Å². The van der Waals surface area contributed by atoms with Crippen molar-refractivity contribution in [1.29, 1.82) is 0 Å². The highest BCUT2D eigenvalue weighted by Crippen LogP contribution is 2.25. The van der Waals surface area contributed by atoms with E-state index in [9.17, 15) is 0 Å². The van der Waals surface area contributed by atoms with Crippen LogP contribution in [0.15, 0.2) is 30.7 Å². The quantitative estimate of drug-likeness (QED) is 0.834. The molecule has 0 spiro atoms. The maximum atomic E-state index is 6.13. The summed E-state index contributed by atoms with van der Waals surface area (Å²) in [5.74, 6) is 0. The molecular weight excluding hydrogens is 349 g/mol. The molecule has 0 saturated carbocycles. The fourth-order valence-corrected chi connectivity index (χ4v) is 2.77. The van der Waals surface area contributed by atoms with Gasteiger partial charge in [-0.3, -0.25) is 0 Å². The van der Waals surface area contributed by atoms with E-state index in [1.54, 1.807) is 12.5 Å². The smallest absolute Gasteiger partial charge is 0.0995 e. The van der Waals surface area contributed by atoms with Gasteiger partial charge in [0.05, 0.1) is 29.4 Å². The molecule has 2 aromatic rings. The van der Waals surface area contributed by atoms with Gasteiger partial charge in [-0.2, -0.15) is 0 Å². The summed E-state index contributed by atoms with van der Waals surface area (Å²) in [6.45, 7) is 3.92. The molecule has 0 amide bonds. The van der Waals surface area contributed by atoms with Gasteiger partial charge in [0.25, 0.3) is 0 Å². The second-order valence-corrected chi connectivity index (χ2v) is 6.06. The zero-order chi connectivity index (χ0) is 12.6. The average Bonchev–Trinajstić information content (AvgIpc) is 2.65. The molecule has 5 heteroatoms. The molecule has 1 aromatic carbocycles. The Kier molecular flexibility index (Phi) is 3.47. The number of hydrogen-bond acceptors (Lipinski definition) is 2. The highest BCUT2D eigenvalue weighted by Gasteiger charge is 2.20. The van der Waals surface area contributed by atoms with Gasteiger partial charge in [-0.15, -0.1) is 0 Å². The number of nitrogens with zero attached hydrogens (tertiary/aromatic N) is 2. The molecule has 17 heavy (non-hydrogen) atoms. The second-order valence-electron chi connectivity index (χ2n) is 4.47. The zero-order valence-corrected chi connectivity index (χ0v) is 12.5. The first-order chi connectivity index (χ1) is 7.89. The Hall–Kier alpha value is -0.590. The third kappa shape index (κ3) is 2.64. The summed E-state index contributed by atoms with van der Waals surface area (Å²) in [6, 6.07) is 5.76. The summed E-state index contributed by atoms with van der Waals surface area (Å²) < 4.78 is 3.07. The van der Waals surface area contributed by atoms with Gasteiger partial charge in [-0.1, -0.05) is 11.6 Å². The third-order valence-electron chi connectivity index (χ3n) is 2.47. The largest absolute Gasteiger partial charge is 0.321 e. The van der Waals surface area contributed by atoms with E-state index >= 15 is 0 Å². The lowest BCUT2D eigenvalue weighted by Crippen LogP contribution is -2.31. The minimum absolute atomic E-state index is 0.431. The van der Waals surface area contributed by atoms with Crippen LogP contribution in [0.1, 0.15) is 19.5 Å². The first-order valence-electron chi connectivity index (χ1n) is 5.17. The van der Waals surface area contributed by atoms with Crippen molar-refractivity contribution >= 4 is 34.2 Å². The van der Waals surface area contributed by atoms with Crippen molar-refractivity contribution < 1.29 is 0 Å². The summed E-state index contributed by atoms with van der Waals surface area (Å²) in [5, 5.41) is 0.729. The third-order valence-corrected chi connectivity index (χ3v) is 3.57. The Morgan fingerprint density at radius 3 is 2.71 bits per heavy atom. The maximum absolute atomic E-state index is 6.13. The normalized spacial score (nSPS) is 11.8. The van der Waals surface area contributed by atoms with Crippen LogP contribution in [0.5, 0.6) is 0 Å². The van der Waals surface area contributed by atoms with Crippen molar-refractivity contribution in [3.63, 3.8) is 0 Å². The van der Waals surface area contributed by atoms with Crippen molar-refractivity contribution in [2.24, 2.45) is 5.73 Å². The standard InChI is InChI=1S/C12H13ClIN3/c1-12(2,15)11-6-16-7-17(11)10-4-3-8(13)5-9(10)14/h3-7H,15H2,1-2H3. The van der Waals surface area contributed by atoms with Gasteiger partial charge < -0.3 is 10.3 Å². The molecule has 0 bridgehead atoms. The van der Waals surface area contributed by atoms with E-state index < -0.39 is 5.54 Å². The lowest BCUT2D eigenvalue weighted by atomic mass is 10.0. The van der Waals surface area contributed by atoms with Gasteiger partial charge in [0.1, 0.15) is 0 Å².